The predicted molar refractivity (Wildman–Crippen MR) is 96.5 cm³/mol. The van der Waals surface area contributed by atoms with Crippen molar-refractivity contribution in [2.24, 2.45) is 0 Å². The van der Waals surface area contributed by atoms with Crippen molar-refractivity contribution in [1.82, 2.24) is 20.1 Å². The fraction of sp³-hybridized carbons (Fsp3) is 0.263. The molecule has 3 heterocycles. The summed E-state index contributed by atoms with van der Waals surface area (Å²) in [4.78, 5) is 20.9. The molecule has 1 aliphatic heterocycles. The van der Waals surface area contributed by atoms with E-state index in [2.05, 4.69) is 20.1 Å². The maximum atomic E-state index is 12.5. The topological polar surface area (TPSA) is 75.4 Å². The molecule has 0 radical (unpaired) electrons. The van der Waals surface area contributed by atoms with E-state index in [9.17, 15) is 4.79 Å². The first-order valence-electron chi connectivity index (χ1n) is 8.61. The number of anilines is 1. The van der Waals surface area contributed by atoms with Crippen LogP contribution in [0.15, 0.2) is 59.1 Å². The number of amides is 1. The van der Waals surface area contributed by atoms with Gasteiger partial charge in [0.2, 0.25) is 17.7 Å². The summed E-state index contributed by atoms with van der Waals surface area (Å²) in [5.74, 6) is 1.74. The van der Waals surface area contributed by atoms with Gasteiger partial charge in [0.1, 0.15) is 12.2 Å². The van der Waals surface area contributed by atoms with Crippen LogP contribution < -0.4 is 4.90 Å². The summed E-state index contributed by atoms with van der Waals surface area (Å²) in [6.07, 6.45) is 1.91. The Kier molecular flexibility index (Phi) is 4.59. The zero-order chi connectivity index (χ0) is 17.8. The van der Waals surface area contributed by atoms with Crippen molar-refractivity contribution in [3.05, 3.63) is 60.6 Å². The van der Waals surface area contributed by atoms with Crippen LogP contribution in [0.1, 0.15) is 5.89 Å². The standard InChI is InChI=1S/C19H19N5O2/c25-18(14-17-21-22-19(26-17)15-6-2-1-3-7-15)24-12-10-23(11-13-24)16-8-4-5-9-20-16/h1-9H,10-14H2. The molecule has 0 saturated carbocycles. The van der Waals surface area contributed by atoms with Crippen LogP contribution in [0.4, 0.5) is 5.82 Å². The average Bonchev–Trinajstić information content (AvgIpc) is 3.18. The molecule has 4 rings (SSSR count). The maximum absolute atomic E-state index is 12.5. The van der Waals surface area contributed by atoms with Crippen LogP contribution in [-0.4, -0.2) is 52.2 Å². The molecule has 1 aliphatic rings. The summed E-state index contributed by atoms with van der Waals surface area (Å²) in [5.41, 5.74) is 0.850. The zero-order valence-electron chi connectivity index (χ0n) is 14.3. The van der Waals surface area contributed by atoms with E-state index >= 15 is 0 Å². The van der Waals surface area contributed by atoms with E-state index in [1.54, 1.807) is 6.20 Å². The van der Waals surface area contributed by atoms with E-state index in [0.29, 0.717) is 24.9 Å². The minimum absolute atomic E-state index is 0.00827. The molecular weight excluding hydrogens is 330 g/mol. The van der Waals surface area contributed by atoms with Crippen LogP contribution in [0.2, 0.25) is 0 Å². The molecule has 132 valence electrons. The lowest BCUT2D eigenvalue weighted by Crippen LogP contribution is -2.49. The van der Waals surface area contributed by atoms with Gasteiger partial charge in [-0.3, -0.25) is 4.79 Å². The molecule has 3 aromatic rings. The van der Waals surface area contributed by atoms with Gasteiger partial charge in [0.05, 0.1) is 0 Å². The summed E-state index contributed by atoms with van der Waals surface area (Å²) in [5, 5.41) is 8.04. The number of pyridine rings is 1. The van der Waals surface area contributed by atoms with Gasteiger partial charge in [0, 0.05) is 37.9 Å². The molecule has 1 aromatic carbocycles. The Balaban J connectivity index is 1.34. The number of piperazine rings is 1. The number of hydrogen-bond acceptors (Lipinski definition) is 6. The van der Waals surface area contributed by atoms with Gasteiger partial charge in [0.15, 0.2) is 0 Å². The van der Waals surface area contributed by atoms with E-state index in [4.69, 9.17) is 4.42 Å². The number of carbonyl (C=O) groups excluding carboxylic acids is 1. The number of carbonyl (C=O) groups is 1. The molecule has 7 heteroatoms. The lowest BCUT2D eigenvalue weighted by Gasteiger charge is -2.35. The van der Waals surface area contributed by atoms with Gasteiger partial charge in [-0.15, -0.1) is 10.2 Å². The second-order valence-corrected chi connectivity index (χ2v) is 6.10. The predicted octanol–water partition coefficient (Wildman–Crippen LogP) is 2.02. The third-order valence-corrected chi connectivity index (χ3v) is 4.40. The van der Waals surface area contributed by atoms with Crippen molar-refractivity contribution < 1.29 is 9.21 Å². The Bertz CT molecular complexity index is 858. The van der Waals surface area contributed by atoms with E-state index in [1.807, 2.05) is 53.4 Å². The fourth-order valence-corrected chi connectivity index (χ4v) is 2.99. The molecule has 0 spiro atoms. The third kappa shape index (κ3) is 3.56. The Labute approximate surface area is 151 Å². The summed E-state index contributed by atoms with van der Waals surface area (Å²) in [7, 11) is 0. The first kappa shape index (κ1) is 16.3. The Morgan fingerprint density at radius 3 is 2.46 bits per heavy atom. The molecule has 1 fully saturated rings. The van der Waals surface area contributed by atoms with Gasteiger partial charge in [-0.2, -0.15) is 0 Å². The molecule has 0 unspecified atom stereocenters. The minimum Gasteiger partial charge on any atom is -0.420 e. The highest BCUT2D eigenvalue weighted by atomic mass is 16.4. The second kappa shape index (κ2) is 7.35. The van der Waals surface area contributed by atoms with Crippen molar-refractivity contribution in [1.29, 1.82) is 0 Å². The Morgan fingerprint density at radius 2 is 1.73 bits per heavy atom. The SMILES string of the molecule is O=C(Cc1nnc(-c2ccccc2)o1)N1CCN(c2ccccn2)CC1. The molecule has 1 saturated heterocycles. The van der Waals surface area contributed by atoms with Crippen molar-refractivity contribution in [2.45, 2.75) is 6.42 Å². The van der Waals surface area contributed by atoms with Gasteiger partial charge < -0.3 is 14.2 Å². The second-order valence-electron chi connectivity index (χ2n) is 6.10. The Morgan fingerprint density at radius 1 is 0.962 bits per heavy atom. The lowest BCUT2D eigenvalue weighted by molar-refractivity contribution is -0.131. The average molecular weight is 349 g/mol. The minimum atomic E-state index is 0.00827. The number of rotatable bonds is 4. The number of aromatic nitrogens is 3. The van der Waals surface area contributed by atoms with Crippen LogP contribution in [-0.2, 0) is 11.2 Å². The monoisotopic (exact) mass is 349 g/mol. The van der Waals surface area contributed by atoms with Crippen molar-refractivity contribution >= 4 is 11.7 Å². The van der Waals surface area contributed by atoms with E-state index in [0.717, 1.165) is 24.5 Å². The smallest absolute Gasteiger partial charge is 0.247 e. The number of hydrogen-bond donors (Lipinski definition) is 0. The van der Waals surface area contributed by atoms with Gasteiger partial charge >= 0.3 is 0 Å². The molecular formula is C19H19N5O2. The van der Waals surface area contributed by atoms with Crippen LogP contribution in [0.3, 0.4) is 0 Å². The van der Waals surface area contributed by atoms with Crippen LogP contribution in [0, 0.1) is 0 Å². The van der Waals surface area contributed by atoms with Crippen LogP contribution in [0.25, 0.3) is 11.5 Å². The molecule has 0 bridgehead atoms. The maximum Gasteiger partial charge on any atom is 0.247 e. The summed E-state index contributed by atoms with van der Waals surface area (Å²) >= 11 is 0. The molecule has 0 N–H and O–H groups in total. The first-order chi connectivity index (χ1) is 12.8. The summed E-state index contributed by atoms with van der Waals surface area (Å²) < 4.78 is 5.63. The van der Waals surface area contributed by atoms with Gasteiger partial charge in [0.25, 0.3) is 0 Å². The molecule has 0 aliphatic carbocycles. The largest absolute Gasteiger partial charge is 0.420 e. The highest BCUT2D eigenvalue weighted by Crippen LogP contribution is 2.18. The van der Waals surface area contributed by atoms with Gasteiger partial charge in [-0.1, -0.05) is 24.3 Å². The van der Waals surface area contributed by atoms with E-state index < -0.39 is 0 Å². The molecule has 1 amide bonds. The van der Waals surface area contributed by atoms with Gasteiger partial charge in [-0.25, -0.2) is 4.98 Å². The molecule has 26 heavy (non-hydrogen) atoms. The highest BCUT2D eigenvalue weighted by molar-refractivity contribution is 5.78. The van der Waals surface area contributed by atoms with E-state index in [1.165, 1.54) is 0 Å². The lowest BCUT2D eigenvalue weighted by atomic mass is 10.2. The first-order valence-corrected chi connectivity index (χ1v) is 8.61. The summed E-state index contributed by atoms with van der Waals surface area (Å²) in [6, 6.07) is 15.4. The van der Waals surface area contributed by atoms with E-state index in [-0.39, 0.29) is 12.3 Å². The summed E-state index contributed by atoms with van der Waals surface area (Å²) in [6.45, 7) is 2.86. The molecule has 7 nitrogen and oxygen atoms in total. The zero-order valence-corrected chi connectivity index (χ0v) is 14.3. The van der Waals surface area contributed by atoms with Crippen molar-refractivity contribution in [3.63, 3.8) is 0 Å². The molecule has 2 aromatic heterocycles. The number of nitrogens with zero attached hydrogens (tertiary/aromatic N) is 5. The quantitative estimate of drug-likeness (QED) is 0.717. The van der Waals surface area contributed by atoms with Crippen LogP contribution in [0.5, 0.6) is 0 Å². The normalized spacial score (nSPS) is 14.5. The van der Waals surface area contributed by atoms with Crippen LogP contribution >= 0.6 is 0 Å². The van der Waals surface area contributed by atoms with Crippen molar-refractivity contribution in [3.8, 4) is 11.5 Å². The highest BCUT2D eigenvalue weighted by Gasteiger charge is 2.23. The third-order valence-electron chi connectivity index (χ3n) is 4.40. The van der Waals surface area contributed by atoms with Gasteiger partial charge in [-0.05, 0) is 24.3 Å². The fourth-order valence-electron chi connectivity index (χ4n) is 2.99. The molecule has 0 atom stereocenters. The number of benzene rings is 1. The van der Waals surface area contributed by atoms with Crippen molar-refractivity contribution in [2.75, 3.05) is 31.1 Å². The Hall–Kier alpha value is -3.22.